The summed E-state index contributed by atoms with van der Waals surface area (Å²) in [4.78, 5) is 245. The monoisotopic (exact) mass is 1640 g/mol. The smallest absolute Gasteiger partial charge is 0.303 e. The van der Waals surface area contributed by atoms with Gasteiger partial charge in [-0.15, -0.1) is 0 Å². The van der Waals surface area contributed by atoms with Crippen LogP contribution < -0.4 is 85.1 Å². The molecule has 0 aromatic rings. The molecule has 0 unspecified atom stereocenters. The summed E-state index contributed by atoms with van der Waals surface area (Å²) in [5.41, 5.74) is -1.87. The van der Waals surface area contributed by atoms with E-state index < -0.39 is 155 Å². The fourth-order valence-corrected chi connectivity index (χ4v) is 7.75. The molecule has 0 aliphatic rings. The van der Waals surface area contributed by atoms with Gasteiger partial charge in [-0.2, -0.15) is 0 Å². The Balaban J connectivity index is -0.000000307. The SMILES string of the molecule is CN[C@@H](CCC(=O)O)C(=O)NC(C)(C)C(C)=O.CN[C@@H](CCC(=O)O)C(=O)NCC(=O)N[C@@H](C)C(C)=O.CN[C@@H](CCC(=O)O)C(=O)NCC(=O)N[C@H](C)C(C)=O.CN[C@H](CCC(=O)O)C(=O)NC(C)(C)C(C)=O.CN[C@H](CCC(=O)O)C(=O)NCC(=O)N[C@@H](C)C(C)=O.CN[C@H](CCC(=O)O)C(=O)NCC(=O)N[C@H](C)C(C)=O. The first-order chi connectivity index (χ1) is 52.5. The molecule has 44 heteroatoms. The lowest BCUT2D eigenvalue weighted by Crippen LogP contribution is -2.54. The van der Waals surface area contributed by atoms with E-state index in [0.29, 0.717) is 0 Å². The van der Waals surface area contributed by atoms with Gasteiger partial charge in [-0.1, -0.05) is 0 Å². The fraction of sp³-hybridized carbons (Fsp3) is 0.686. The van der Waals surface area contributed by atoms with Crippen molar-refractivity contribution in [2.75, 3.05) is 68.5 Å². The molecular weight excluding hydrogens is 1510 g/mol. The Morgan fingerprint density at radius 2 is 0.395 bits per heavy atom. The molecule has 652 valence electrons. The van der Waals surface area contributed by atoms with Gasteiger partial charge in [0.25, 0.3) is 0 Å². The highest BCUT2D eigenvalue weighted by atomic mass is 16.4. The second-order valence-corrected chi connectivity index (χ2v) is 26.5. The fourth-order valence-electron chi connectivity index (χ4n) is 7.75. The molecule has 0 aliphatic heterocycles. The van der Waals surface area contributed by atoms with Crippen molar-refractivity contribution >= 4 is 130 Å². The zero-order chi connectivity index (χ0) is 90.1. The summed E-state index contributed by atoms with van der Waals surface area (Å²) in [7, 11) is 9.28. The summed E-state index contributed by atoms with van der Waals surface area (Å²) < 4.78 is 0. The number of aliphatic carboxylic acids is 6. The van der Waals surface area contributed by atoms with Crippen LogP contribution in [0.3, 0.4) is 0 Å². The van der Waals surface area contributed by atoms with Gasteiger partial charge in [-0.25, -0.2) is 0 Å². The largest absolute Gasteiger partial charge is 0.481 e. The summed E-state index contributed by atoms with van der Waals surface area (Å²) in [6, 6.07) is -6.34. The number of carbonyl (C=O) groups is 22. The number of amides is 10. The number of ketones is 6. The molecule has 114 heavy (non-hydrogen) atoms. The van der Waals surface area contributed by atoms with Gasteiger partial charge in [-0.05, 0) is 178 Å². The molecule has 0 saturated heterocycles. The minimum atomic E-state index is -0.994. The van der Waals surface area contributed by atoms with Crippen molar-refractivity contribution in [3.63, 3.8) is 0 Å². The third kappa shape index (κ3) is 61.0. The van der Waals surface area contributed by atoms with E-state index in [0.717, 1.165) is 0 Å². The number of Topliss-reactive ketones (excluding diaryl/α,β-unsaturated/α-hetero) is 6. The lowest BCUT2D eigenvalue weighted by atomic mass is 9.99. The first-order valence-corrected chi connectivity index (χ1v) is 35.8. The zero-order valence-corrected chi connectivity index (χ0v) is 68.8. The molecule has 0 fully saturated rings. The van der Waals surface area contributed by atoms with Crippen molar-refractivity contribution in [3.05, 3.63) is 0 Å². The van der Waals surface area contributed by atoms with E-state index in [1.165, 1.54) is 69.7 Å². The molecule has 0 bridgehead atoms. The summed E-state index contributed by atoms with van der Waals surface area (Å²) in [6.07, 6.45) is 0.104. The number of hydrogen-bond acceptors (Lipinski definition) is 28. The lowest BCUT2D eigenvalue weighted by Gasteiger charge is -2.26. The van der Waals surface area contributed by atoms with Gasteiger partial charge >= 0.3 is 35.8 Å². The lowest BCUT2D eigenvalue weighted by molar-refractivity contribution is -0.138. The van der Waals surface area contributed by atoms with Crippen molar-refractivity contribution < 1.29 is 136 Å². The number of likely N-dealkylation sites (N-methyl/N-ethyl adjacent to an activating group) is 6. The summed E-state index contributed by atoms with van der Waals surface area (Å²) in [6.45, 7) is 19.8. The molecule has 10 amide bonds. The van der Waals surface area contributed by atoms with E-state index in [1.54, 1.807) is 69.5 Å². The third-order valence-corrected chi connectivity index (χ3v) is 16.1. The standard InChI is InChI=1S/4C12H21N3O5.2C11H20N2O4/c4*1-7(8(2)16)15-10(17)6-14-12(20)9(13-3)4-5-11(18)19;2*1-7(14)11(2,3)13-10(17)8(12-4)5-6-9(15)16/h4*7,9,13H,4-6H2,1-3H3,(H,14,20)(H,15,17)(H,18,19);2*8,12H,5-6H2,1-4H3,(H,13,17)(H,15,16)/t2*7-,9+;2*7-,9-;2*8-/m101010/s1. The Morgan fingerprint density at radius 3 is 0.509 bits per heavy atom. The van der Waals surface area contributed by atoms with Crippen molar-refractivity contribution in [1.82, 2.24) is 85.1 Å². The summed E-state index contributed by atoms with van der Waals surface area (Å²) in [5, 5.41) is 91.9. The average Bonchev–Trinajstić information content (AvgIpc) is 0.870. The molecule has 0 saturated carbocycles. The molecule has 0 rings (SSSR count). The van der Waals surface area contributed by atoms with Crippen LogP contribution in [0, 0.1) is 0 Å². The second-order valence-electron chi connectivity index (χ2n) is 26.5. The van der Waals surface area contributed by atoms with E-state index in [9.17, 15) is 105 Å². The Kier molecular flexibility index (Phi) is 62.9. The van der Waals surface area contributed by atoms with Crippen molar-refractivity contribution in [1.29, 1.82) is 0 Å². The topological polar surface area (TPSA) is 689 Å². The Bertz CT molecular complexity index is 2870. The second kappa shape index (κ2) is 62.8. The molecule has 44 nitrogen and oxygen atoms in total. The van der Waals surface area contributed by atoms with Crippen molar-refractivity contribution in [2.45, 2.75) is 245 Å². The number of carboxylic acid groups (broad SMARTS) is 6. The van der Waals surface area contributed by atoms with Gasteiger partial charge in [0.2, 0.25) is 59.1 Å². The maximum absolute atomic E-state index is 11.8. The van der Waals surface area contributed by atoms with E-state index in [1.807, 2.05) is 0 Å². The Hall–Kier alpha value is -10.7. The van der Waals surface area contributed by atoms with Crippen LogP contribution in [-0.2, 0) is 105 Å². The van der Waals surface area contributed by atoms with Gasteiger partial charge < -0.3 is 116 Å². The number of carboxylic acids is 6. The molecule has 22 N–H and O–H groups in total. The third-order valence-electron chi connectivity index (χ3n) is 16.1. The Morgan fingerprint density at radius 1 is 0.254 bits per heavy atom. The first kappa shape index (κ1) is 114. The average molecular weight is 1640 g/mol. The molecule has 10 atom stereocenters. The van der Waals surface area contributed by atoms with E-state index in [-0.39, 0.29) is 150 Å². The van der Waals surface area contributed by atoms with Gasteiger partial charge in [-0.3, -0.25) is 105 Å². The van der Waals surface area contributed by atoms with Crippen LogP contribution in [-0.4, -0.2) is 300 Å². The van der Waals surface area contributed by atoms with Gasteiger partial charge in [0.15, 0.2) is 34.7 Å². The minimum absolute atomic E-state index is 0.0978. The van der Waals surface area contributed by atoms with Gasteiger partial charge in [0.05, 0.1) is 97.7 Å². The highest BCUT2D eigenvalue weighted by Gasteiger charge is 2.31. The van der Waals surface area contributed by atoms with Crippen LogP contribution in [0.5, 0.6) is 0 Å². The van der Waals surface area contributed by atoms with Crippen LogP contribution in [0.15, 0.2) is 0 Å². The summed E-state index contributed by atoms with van der Waals surface area (Å²) >= 11 is 0. The number of rotatable bonds is 50. The predicted molar refractivity (Wildman–Crippen MR) is 409 cm³/mol. The van der Waals surface area contributed by atoms with Crippen molar-refractivity contribution in [3.8, 4) is 0 Å². The van der Waals surface area contributed by atoms with Gasteiger partial charge in [0, 0.05) is 38.5 Å². The minimum Gasteiger partial charge on any atom is -0.481 e. The Labute approximate surface area is 662 Å². The first-order valence-electron chi connectivity index (χ1n) is 35.8. The summed E-state index contributed by atoms with van der Waals surface area (Å²) in [5.74, 6) is -11.4. The molecule has 0 aliphatic carbocycles. The number of nitrogens with one attached hydrogen (secondary N) is 16. The van der Waals surface area contributed by atoms with Crippen LogP contribution in [0.2, 0.25) is 0 Å². The predicted octanol–water partition coefficient (Wildman–Crippen LogP) is -5.56. The van der Waals surface area contributed by atoms with Crippen molar-refractivity contribution in [2.24, 2.45) is 0 Å². The van der Waals surface area contributed by atoms with Crippen LogP contribution in [0.4, 0.5) is 0 Å². The molecule has 0 heterocycles. The van der Waals surface area contributed by atoms with Gasteiger partial charge in [0.1, 0.15) is 0 Å². The maximum Gasteiger partial charge on any atom is 0.303 e. The molecule has 0 radical (unpaired) electrons. The maximum atomic E-state index is 11.8. The van der Waals surface area contributed by atoms with E-state index in [2.05, 4.69) is 85.1 Å². The zero-order valence-electron chi connectivity index (χ0n) is 68.8. The van der Waals surface area contributed by atoms with E-state index in [4.69, 9.17) is 30.6 Å². The normalized spacial score (nSPS) is 13.1. The highest BCUT2D eigenvalue weighted by Crippen LogP contribution is 2.09. The highest BCUT2D eigenvalue weighted by molar-refractivity contribution is 5.96. The molecule has 0 aromatic carbocycles. The van der Waals surface area contributed by atoms with Crippen LogP contribution in [0.25, 0.3) is 0 Å². The number of hydrogen-bond donors (Lipinski definition) is 22. The number of carbonyl (C=O) groups excluding carboxylic acids is 16. The molecular formula is C70H124N16O28. The van der Waals surface area contributed by atoms with Crippen LogP contribution in [0.1, 0.15) is 174 Å². The molecule has 0 spiro atoms. The quantitative estimate of drug-likeness (QED) is 0.0270. The van der Waals surface area contributed by atoms with E-state index >= 15 is 0 Å². The van der Waals surface area contributed by atoms with Crippen LogP contribution >= 0.6 is 0 Å². The molecule has 0 aromatic heterocycles.